The van der Waals surface area contributed by atoms with E-state index in [1.54, 1.807) is 13.8 Å². The molecule has 0 radical (unpaired) electrons. The normalized spacial score (nSPS) is 10.9. The van der Waals surface area contributed by atoms with Gasteiger partial charge in [-0.2, -0.15) is 0 Å². The van der Waals surface area contributed by atoms with Gasteiger partial charge in [-0.3, -0.25) is 0 Å². The van der Waals surface area contributed by atoms with E-state index in [0.29, 0.717) is 28.9 Å². The summed E-state index contributed by atoms with van der Waals surface area (Å²) in [6, 6.07) is 1.34. The molecule has 0 amide bonds. The molecule has 0 saturated heterocycles. The number of carbonyl (C=O) groups excluding carboxylic acids is 1. The first kappa shape index (κ1) is 13.5. The molecule has 0 fully saturated rings. The summed E-state index contributed by atoms with van der Waals surface area (Å²) in [7, 11) is 1.52. The Balaban J connectivity index is 2.37. The van der Waals surface area contributed by atoms with Gasteiger partial charge in [-0.1, -0.05) is 0 Å². The van der Waals surface area contributed by atoms with Crippen LogP contribution in [0.2, 0.25) is 0 Å². The van der Waals surface area contributed by atoms with Crippen molar-refractivity contribution >= 4 is 17.0 Å². The number of hydrogen-bond acceptors (Lipinski definition) is 4. The Hall–Kier alpha value is -1.95. The Labute approximate surface area is 109 Å². The number of hydrogen-bond donors (Lipinski definition) is 1. The number of aromatic amines is 1. The monoisotopic (exact) mass is 266 g/mol. The molecule has 0 aliphatic rings. The molecule has 0 spiro atoms. The van der Waals surface area contributed by atoms with Gasteiger partial charge in [-0.05, 0) is 25.5 Å². The number of halogens is 1. The number of aromatic nitrogens is 2. The number of pyridine rings is 1. The molecule has 1 N–H and O–H groups in total. The van der Waals surface area contributed by atoms with Crippen molar-refractivity contribution in [1.82, 2.24) is 9.97 Å². The number of nitrogens with one attached hydrogen (secondary N) is 1. The molecule has 19 heavy (non-hydrogen) atoms. The van der Waals surface area contributed by atoms with E-state index in [1.165, 1.54) is 13.2 Å². The summed E-state index contributed by atoms with van der Waals surface area (Å²) in [4.78, 5) is 18.8. The first-order chi connectivity index (χ1) is 9.04. The van der Waals surface area contributed by atoms with Crippen molar-refractivity contribution in [2.75, 3.05) is 20.3 Å². The standard InChI is InChI=1S/C13H15FN2O3/c1-7-6-9(14)10-8(2)11(16-12(10)15-7)13(17)19-5-4-18-3/h6H,4-5H2,1-3H3,(H,15,16). The number of aryl methyl sites for hydroxylation is 2. The van der Waals surface area contributed by atoms with E-state index >= 15 is 0 Å². The van der Waals surface area contributed by atoms with Crippen LogP contribution in [0.3, 0.4) is 0 Å². The molecule has 0 aromatic carbocycles. The van der Waals surface area contributed by atoms with Gasteiger partial charge in [0, 0.05) is 12.8 Å². The van der Waals surface area contributed by atoms with Crippen LogP contribution in [0.15, 0.2) is 6.07 Å². The Bertz CT molecular complexity index is 622. The van der Waals surface area contributed by atoms with Crippen LogP contribution in [0.25, 0.3) is 11.0 Å². The van der Waals surface area contributed by atoms with Gasteiger partial charge in [0.15, 0.2) is 0 Å². The fraction of sp³-hybridized carbons (Fsp3) is 0.385. The van der Waals surface area contributed by atoms with Crippen LogP contribution in [-0.2, 0) is 9.47 Å². The van der Waals surface area contributed by atoms with Crippen LogP contribution in [0.1, 0.15) is 21.7 Å². The number of nitrogens with zero attached hydrogens (tertiary/aromatic N) is 1. The number of rotatable bonds is 4. The second-order valence-electron chi connectivity index (χ2n) is 4.22. The lowest BCUT2D eigenvalue weighted by Gasteiger charge is -2.02. The average Bonchev–Trinajstić information content (AvgIpc) is 2.66. The minimum Gasteiger partial charge on any atom is -0.459 e. The molecule has 0 bridgehead atoms. The summed E-state index contributed by atoms with van der Waals surface area (Å²) in [5.74, 6) is -0.934. The molecule has 2 heterocycles. The number of esters is 1. The lowest BCUT2D eigenvalue weighted by Crippen LogP contribution is -2.11. The molecular formula is C13H15FN2O3. The Morgan fingerprint density at radius 3 is 2.84 bits per heavy atom. The van der Waals surface area contributed by atoms with Crippen LogP contribution >= 0.6 is 0 Å². The van der Waals surface area contributed by atoms with Crippen molar-refractivity contribution in [2.24, 2.45) is 0 Å². The maximum atomic E-state index is 13.9. The second-order valence-corrected chi connectivity index (χ2v) is 4.22. The molecule has 0 saturated carbocycles. The second kappa shape index (κ2) is 5.36. The van der Waals surface area contributed by atoms with Crippen molar-refractivity contribution in [3.05, 3.63) is 28.8 Å². The number of methoxy groups -OCH3 is 1. The number of carbonyl (C=O) groups is 1. The number of H-pyrrole nitrogens is 1. The molecule has 0 unspecified atom stereocenters. The molecule has 2 rings (SSSR count). The van der Waals surface area contributed by atoms with Crippen LogP contribution < -0.4 is 0 Å². The smallest absolute Gasteiger partial charge is 0.355 e. The fourth-order valence-corrected chi connectivity index (χ4v) is 1.91. The summed E-state index contributed by atoms with van der Waals surface area (Å²) in [6.07, 6.45) is 0. The third kappa shape index (κ3) is 2.58. The highest BCUT2D eigenvalue weighted by atomic mass is 19.1. The molecule has 102 valence electrons. The summed E-state index contributed by atoms with van der Waals surface area (Å²) in [5.41, 5.74) is 1.63. The maximum Gasteiger partial charge on any atom is 0.355 e. The number of fused-ring (bicyclic) bond motifs is 1. The lowest BCUT2D eigenvalue weighted by atomic mass is 10.2. The van der Waals surface area contributed by atoms with Gasteiger partial charge in [-0.15, -0.1) is 0 Å². The third-order valence-electron chi connectivity index (χ3n) is 2.82. The van der Waals surface area contributed by atoms with Gasteiger partial charge in [0.25, 0.3) is 0 Å². The molecular weight excluding hydrogens is 251 g/mol. The van der Waals surface area contributed by atoms with Crippen LogP contribution in [-0.4, -0.2) is 36.3 Å². The zero-order chi connectivity index (χ0) is 14.0. The molecule has 2 aromatic rings. The van der Waals surface area contributed by atoms with Gasteiger partial charge in [0.1, 0.15) is 23.8 Å². The Morgan fingerprint density at radius 2 is 2.16 bits per heavy atom. The SMILES string of the molecule is COCCOC(=O)c1[nH]c2nc(C)cc(F)c2c1C. The average molecular weight is 266 g/mol. The van der Waals surface area contributed by atoms with Gasteiger partial charge in [0.2, 0.25) is 0 Å². The zero-order valence-corrected chi connectivity index (χ0v) is 11.0. The van der Waals surface area contributed by atoms with E-state index in [-0.39, 0.29) is 12.3 Å². The van der Waals surface area contributed by atoms with Gasteiger partial charge < -0.3 is 14.5 Å². The maximum absolute atomic E-state index is 13.9. The third-order valence-corrected chi connectivity index (χ3v) is 2.82. The quantitative estimate of drug-likeness (QED) is 0.680. The predicted molar refractivity (Wildman–Crippen MR) is 67.7 cm³/mol. The van der Waals surface area contributed by atoms with Crippen LogP contribution in [0.5, 0.6) is 0 Å². The summed E-state index contributed by atoms with van der Waals surface area (Å²) >= 11 is 0. The predicted octanol–water partition coefficient (Wildman–Crippen LogP) is 2.12. The van der Waals surface area contributed by atoms with E-state index in [4.69, 9.17) is 9.47 Å². The Kier molecular flexibility index (Phi) is 3.80. The van der Waals surface area contributed by atoms with E-state index in [1.807, 2.05) is 0 Å². The van der Waals surface area contributed by atoms with E-state index in [0.717, 1.165) is 0 Å². The van der Waals surface area contributed by atoms with Crippen molar-refractivity contribution in [3.63, 3.8) is 0 Å². The van der Waals surface area contributed by atoms with Crippen LogP contribution in [0.4, 0.5) is 4.39 Å². The van der Waals surface area contributed by atoms with Crippen LogP contribution in [0, 0.1) is 19.7 Å². The van der Waals surface area contributed by atoms with E-state index in [9.17, 15) is 9.18 Å². The fourth-order valence-electron chi connectivity index (χ4n) is 1.91. The zero-order valence-electron chi connectivity index (χ0n) is 11.0. The van der Waals surface area contributed by atoms with Gasteiger partial charge in [0.05, 0.1) is 12.0 Å². The van der Waals surface area contributed by atoms with Gasteiger partial charge in [-0.25, -0.2) is 14.2 Å². The van der Waals surface area contributed by atoms with Crippen molar-refractivity contribution in [2.45, 2.75) is 13.8 Å². The first-order valence-electron chi connectivity index (χ1n) is 5.86. The Morgan fingerprint density at radius 1 is 1.42 bits per heavy atom. The highest BCUT2D eigenvalue weighted by Gasteiger charge is 2.19. The molecule has 6 heteroatoms. The summed E-state index contributed by atoms with van der Waals surface area (Å²) < 4.78 is 23.7. The molecule has 5 nitrogen and oxygen atoms in total. The first-order valence-corrected chi connectivity index (χ1v) is 5.86. The summed E-state index contributed by atoms with van der Waals surface area (Å²) in [5, 5.41) is 0.323. The molecule has 0 aliphatic heterocycles. The minimum absolute atomic E-state index is 0.152. The van der Waals surface area contributed by atoms with Gasteiger partial charge >= 0.3 is 5.97 Å². The molecule has 2 aromatic heterocycles. The lowest BCUT2D eigenvalue weighted by molar-refractivity contribution is 0.0382. The van der Waals surface area contributed by atoms with Crippen molar-refractivity contribution in [3.8, 4) is 0 Å². The summed E-state index contributed by atoms with van der Waals surface area (Å²) in [6.45, 7) is 3.82. The minimum atomic E-state index is -0.537. The van der Waals surface area contributed by atoms with E-state index in [2.05, 4.69) is 9.97 Å². The molecule has 0 aliphatic carbocycles. The molecule has 0 atom stereocenters. The topological polar surface area (TPSA) is 64.2 Å². The largest absolute Gasteiger partial charge is 0.459 e. The highest BCUT2D eigenvalue weighted by Crippen LogP contribution is 2.24. The highest BCUT2D eigenvalue weighted by molar-refractivity contribution is 5.97. The number of ether oxygens (including phenoxy) is 2. The van der Waals surface area contributed by atoms with Crippen molar-refractivity contribution < 1.29 is 18.7 Å². The van der Waals surface area contributed by atoms with E-state index < -0.39 is 11.8 Å². The van der Waals surface area contributed by atoms with Crippen molar-refractivity contribution in [1.29, 1.82) is 0 Å².